The number of halogens is 2. The van der Waals surface area contributed by atoms with E-state index in [1.807, 2.05) is 12.1 Å². The van der Waals surface area contributed by atoms with Gasteiger partial charge < -0.3 is 5.32 Å². The van der Waals surface area contributed by atoms with E-state index in [0.717, 1.165) is 11.6 Å². The first-order chi connectivity index (χ1) is 6.29. The molecule has 0 amide bonds. The lowest BCUT2D eigenvalue weighted by atomic mass is 10.0. The average Bonchev–Trinajstić information content (AvgIpc) is 2.57. The maximum Gasteiger partial charge on any atom is 0.0456 e. The first kappa shape index (κ1) is 11.8. The van der Waals surface area contributed by atoms with Gasteiger partial charge in [0.05, 0.1) is 0 Å². The van der Waals surface area contributed by atoms with Gasteiger partial charge in [-0.25, -0.2) is 0 Å². The van der Waals surface area contributed by atoms with Crippen LogP contribution in [0.25, 0.3) is 0 Å². The highest BCUT2D eigenvalue weighted by Gasteiger charge is 2.19. The summed E-state index contributed by atoms with van der Waals surface area (Å²) in [5, 5.41) is 4.37. The van der Waals surface area contributed by atoms with Gasteiger partial charge in [-0.15, -0.1) is 12.4 Å². The topological polar surface area (TPSA) is 12.0 Å². The van der Waals surface area contributed by atoms with Crippen molar-refractivity contribution in [3.05, 3.63) is 34.3 Å². The molecule has 78 valence electrons. The molecule has 0 aliphatic carbocycles. The van der Waals surface area contributed by atoms with Crippen LogP contribution < -0.4 is 5.32 Å². The number of hydrogen-bond donors (Lipinski definition) is 1. The van der Waals surface area contributed by atoms with Crippen LogP contribution >= 0.6 is 24.0 Å². The van der Waals surface area contributed by atoms with E-state index >= 15 is 0 Å². The molecule has 0 spiro atoms. The summed E-state index contributed by atoms with van der Waals surface area (Å²) in [5.74, 6) is 0. The molecule has 0 bridgehead atoms. The van der Waals surface area contributed by atoms with Gasteiger partial charge in [-0.05, 0) is 43.5 Å². The molecule has 1 heterocycles. The summed E-state index contributed by atoms with van der Waals surface area (Å²) in [4.78, 5) is 0. The van der Waals surface area contributed by atoms with Crippen molar-refractivity contribution in [2.45, 2.75) is 25.8 Å². The molecule has 1 fully saturated rings. The van der Waals surface area contributed by atoms with Gasteiger partial charge in [0.25, 0.3) is 0 Å². The SMILES string of the molecule is Cc1cccc(Cl)c1[C@H]1CCCN1.Cl. The van der Waals surface area contributed by atoms with Crippen molar-refractivity contribution in [2.75, 3.05) is 6.54 Å². The molecule has 1 aromatic rings. The third-order valence-corrected chi connectivity index (χ3v) is 3.01. The van der Waals surface area contributed by atoms with Gasteiger partial charge in [-0.3, -0.25) is 0 Å². The van der Waals surface area contributed by atoms with Crippen LogP contribution in [0.3, 0.4) is 0 Å². The monoisotopic (exact) mass is 231 g/mol. The molecule has 0 unspecified atom stereocenters. The molecule has 1 nitrogen and oxygen atoms in total. The quantitative estimate of drug-likeness (QED) is 0.781. The van der Waals surface area contributed by atoms with Gasteiger partial charge in [0, 0.05) is 11.1 Å². The van der Waals surface area contributed by atoms with Crippen LogP contribution in [0.5, 0.6) is 0 Å². The Kier molecular flexibility index (Phi) is 4.24. The predicted molar refractivity (Wildman–Crippen MR) is 63.4 cm³/mol. The minimum absolute atomic E-state index is 0. The third-order valence-electron chi connectivity index (χ3n) is 2.68. The van der Waals surface area contributed by atoms with E-state index in [0.29, 0.717) is 6.04 Å². The largest absolute Gasteiger partial charge is 0.310 e. The second-order valence-electron chi connectivity index (χ2n) is 3.62. The summed E-state index contributed by atoms with van der Waals surface area (Å²) >= 11 is 6.17. The summed E-state index contributed by atoms with van der Waals surface area (Å²) in [6.07, 6.45) is 2.47. The molecule has 1 atom stereocenters. The predicted octanol–water partition coefficient (Wildman–Crippen LogP) is 3.49. The van der Waals surface area contributed by atoms with Crippen molar-refractivity contribution in [3.8, 4) is 0 Å². The molecule has 2 rings (SSSR count). The summed E-state index contributed by atoms with van der Waals surface area (Å²) in [6, 6.07) is 6.59. The van der Waals surface area contributed by atoms with E-state index in [4.69, 9.17) is 11.6 Å². The molecule has 0 saturated carbocycles. The minimum Gasteiger partial charge on any atom is -0.310 e. The Labute approximate surface area is 96.3 Å². The lowest BCUT2D eigenvalue weighted by Gasteiger charge is -2.15. The van der Waals surface area contributed by atoms with Gasteiger partial charge in [0.2, 0.25) is 0 Å². The maximum atomic E-state index is 6.17. The molecule has 0 radical (unpaired) electrons. The van der Waals surface area contributed by atoms with E-state index in [-0.39, 0.29) is 12.4 Å². The zero-order valence-electron chi connectivity index (χ0n) is 8.22. The van der Waals surface area contributed by atoms with Crippen LogP contribution in [0.1, 0.15) is 30.0 Å². The van der Waals surface area contributed by atoms with E-state index < -0.39 is 0 Å². The van der Waals surface area contributed by atoms with Crippen LogP contribution in [0, 0.1) is 6.92 Å². The van der Waals surface area contributed by atoms with Crippen molar-refractivity contribution >= 4 is 24.0 Å². The molecule has 3 heteroatoms. The van der Waals surface area contributed by atoms with Crippen molar-refractivity contribution in [2.24, 2.45) is 0 Å². The van der Waals surface area contributed by atoms with Crippen LogP contribution in [-0.4, -0.2) is 6.54 Å². The Bertz CT molecular complexity index is 286. The zero-order chi connectivity index (χ0) is 9.26. The molecular formula is C11H15Cl2N. The van der Waals surface area contributed by atoms with Crippen molar-refractivity contribution in [1.29, 1.82) is 0 Å². The number of benzene rings is 1. The highest BCUT2D eigenvalue weighted by molar-refractivity contribution is 6.31. The normalized spacial score (nSPS) is 20.6. The Morgan fingerprint density at radius 2 is 2.21 bits per heavy atom. The maximum absolute atomic E-state index is 6.17. The Morgan fingerprint density at radius 3 is 2.79 bits per heavy atom. The fraction of sp³-hybridized carbons (Fsp3) is 0.455. The smallest absolute Gasteiger partial charge is 0.0456 e. The van der Waals surface area contributed by atoms with E-state index in [9.17, 15) is 0 Å². The van der Waals surface area contributed by atoms with Crippen molar-refractivity contribution in [1.82, 2.24) is 5.32 Å². The van der Waals surface area contributed by atoms with Crippen molar-refractivity contribution < 1.29 is 0 Å². The van der Waals surface area contributed by atoms with Gasteiger partial charge in [0.15, 0.2) is 0 Å². The minimum atomic E-state index is 0. The Balaban J connectivity index is 0.000000980. The number of aryl methyl sites for hydroxylation is 1. The van der Waals surface area contributed by atoms with Crippen LogP contribution in [0.15, 0.2) is 18.2 Å². The van der Waals surface area contributed by atoms with Gasteiger partial charge >= 0.3 is 0 Å². The number of nitrogens with one attached hydrogen (secondary N) is 1. The van der Waals surface area contributed by atoms with Crippen LogP contribution in [0.4, 0.5) is 0 Å². The number of hydrogen-bond acceptors (Lipinski definition) is 1. The lowest BCUT2D eigenvalue weighted by molar-refractivity contribution is 0.644. The highest BCUT2D eigenvalue weighted by Crippen LogP contribution is 2.31. The summed E-state index contributed by atoms with van der Waals surface area (Å²) in [7, 11) is 0. The Hall–Kier alpha value is -0.240. The fourth-order valence-electron chi connectivity index (χ4n) is 2.02. The van der Waals surface area contributed by atoms with E-state index in [1.54, 1.807) is 0 Å². The standard InChI is InChI=1S/C11H14ClN.ClH/c1-8-4-2-5-9(12)11(8)10-6-3-7-13-10;/h2,4-5,10,13H,3,6-7H2,1H3;1H/t10-;/m1./s1. The molecule has 1 aliphatic heterocycles. The lowest BCUT2D eigenvalue weighted by Crippen LogP contribution is -2.14. The second kappa shape index (κ2) is 5.01. The van der Waals surface area contributed by atoms with Gasteiger partial charge in [-0.1, -0.05) is 23.7 Å². The summed E-state index contributed by atoms with van der Waals surface area (Å²) in [6.45, 7) is 3.25. The number of rotatable bonds is 1. The highest BCUT2D eigenvalue weighted by atomic mass is 35.5. The zero-order valence-corrected chi connectivity index (χ0v) is 9.79. The molecular weight excluding hydrogens is 217 g/mol. The van der Waals surface area contributed by atoms with Gasteiger partial charge in [-0.2, -0.15) is 0 Å². The first-order valence-corrected chi connectivity index (χ1v) is 5.15. The molecule has 0 aromatic heterocycles. The molecule has 1 aliphatic rings. The Morgan fingerprint density at radius 1 is 1.43 bits per heavy atom. The molecule has 1 saturated heterocycles. The van der Waals surface area contributed by atoms with Crippen LogP contribution in [0.2, 0.25) is 5.02 Å². The fourth-order valence-corrected chi connectivity index (χ4v) is 2.37. The summed E-state index contributed by atoms with van der Waals surface area (Å²) in [5.41, 5.74) is 2.59. The third kappa shape index (κ3) is 2.22. The summed E-state index contributed by atoms with van der Waals surface area (Å²) < 4.78 is 0. The molecule has 14 heavy (non-hydrogen) atoms. The van der Waals surface area contributed by atoms with Crippen molar-refractivity contribution in [3.63, 3.8) is 0 Å². The second-order valence-corrected chi connectivity index (χ2v) is 4.03. The molecule has 1 aromatic carbocycles. The van der Waals surface area contributed by atoms with E-state index in [2.05, 4.69) is 18.3 Å². The van der Waals surface area contributed by atoms with E-state index in [1.165, 1.54) is 24.0 Å². The average molecular weight is 232 g/mol. The van der Waals surface area contributed by atoms with Crippen LogP contribution in [-0.2, 0) is 0 Å². The molecule has 1 N–H and O–H groups in total. The van der Waals surface area contributed by atoms with Gasteiger partial charge in [0.1, 0.15) is 0 Å². The first-order valence-electron chi connectivity index (χ1n) is 4.77.